The zero-order chi connectivity index (χ0) is 20.0. The van der Waals surface area contributed by atoms with Crippen molar-refractivity contribution >= 4 is 28.2 Å². The molecule has 0 aliphatic heterocycles. The number of esters is 1. The number of amides is 1. The summed E-state index contributed by atoms with van der Waals surface area (Å²) in [6.07, 6.45) is -1.00. The zero-order valence-corrected chi connectivity index (χ0v) is 16.6. The number of rotatable bonds is 7. The van der Waals surface area contributed by atoms with E-state index in [9.17, 15) is 9.59 Å². The second-order valence-corrected chi connectivity index (χ2v) is 7.28. The number of hydrogen-bond acceptors (Lipinski definition) is 6. The Bertz CT molecular complexity index is 867. The summed E-state index contributed by atoms with van der Waals surface area (Å²) >= 11 is 1.23. The average Bonchev–Trinajstić information content (AvgIpc) is 3.07. The minimum atomic E-state index is -1.00. The van der Waals surface area contributed by atoms with Crippen LogP contribution in [0.5, 0.6) is 5.75 Å². The van der Waals surface area contributed by atoms with Gasteiger partial charge < -0.3 is 14.8 Å². The number of benzene rings is 1. The molecule has 2 aromatic rings. The molecule has 0 aliphatic rings. The molecule has 0 unspecified atom stereocenters. The Kier molecular flexibility index (Phi) is 6.97. The van der Waals surface area contributed by atoms with Crippen molar-refractivity contribution in [2.24, 2.45) is 0 Å². The van der Waals surface area contributed by atoms with E-state index in [2.05, 4.69) is 19.2 Å². The van der Waals surface area contributed by atoms with Crippen molar-refractivity contribution in [3.8, 4) is 11.8 Å². The molecule has 2 rings (SSSR count). The van der Waals surface area contributed by atoms with Crippen molar-refractivity contribution < 1.29 is 19.1 Å². The van der Waals surface area contributed by atoms with E-state index in [-0.39, 0.29) is 6.61 Å². The third-order valence-corrected chi connectivity index (χ3v) is 4.75. The van der Waals surface area contributed by atoms with Gasteiger partial charge in [0.25, 0.3) is 5.91 Å². The fourth-order valence-corrected chi connectivity index (χ4v) is 3.00. The van der Waals surface area contributed by atoms with Crippen LogP contribution in [-0.4, -0.2) is 24.6 Å². The van der Waals surface area contributed by atoms with Crippen molar-refractivity contribution in [2.45, 2.75) is 39.7 Å². The number of nitrogens with zero attached hydrogens (tertiary/aromatic N) is 1. The largest absolute Gasteiger partial charge is 0.482 e. The van der Waals surface area contributed by atoms with E-state index in [4.69, 9.17) is 14.7 Å². The Morgan fingerprint density at radius 1 is 1.26 bits per heavy atom. The lowest BCUT2D eigenvalue weighted by molar-refractivity contribution is -0.155. The van der Waals surface area contributed by atoms with Crippen LogP contribution in [0.4, 0.5) is 5.00 Å². The minimum Gasteiger partial charge on any atom is -0.482 e. The van der Waals surface area contributed by atoms with Gasteiger partial charge >= 0.3 is 5.97 Å². The van der Waals surface area contributed by atoms with Crippen LogP contribution in [0.1, 0.15) is 43.4 Å². The molecule has 1 N–H and O–H groups in total. The second-order valence-electron chi connectivity index (χ2n) is 6.36. The number of nitrogens with one attached hydrogen (secondary N) is 1. The van der Waals surface area contributed by atoms with E-state index in [0.29, 0.717) is 22.2 Å². The highest BCUT2D eigenvalue weighted by molar-refractivity contribution is 7.14. The fraction of sp³-hybridized carbons (Fsp3) is 0.350. The Morgan fingerprint density at radius 3 is 2.67 bits per heavy atom. The maximum absolute atomic E-state index is 12.1. The SMILES string of the molecule is Cc1ccc(C(C)C)cc1OCC(=O)O[C@@H](C)C(=O)Nc1sccc1C#N. The third-order valence-electron chi connectivity index (χ3n) is 3.92. The lowest BCUT2D eigenvalue weighted by atomic mass is 10.0. The van der Waals surface area contributed by atoms with Crippen molar-refractivity contribution in [1.29, 1.82) is 5.26 Å². The molecule has 1 amide bonds. The second kappa shape index (κ2) is 9.19. The lowest BCUT2D eigenvalue weighted by Crippen LogP contribution is -2.31. The van der Waals surface area contributed by atoms with E-state index in [1.165, 1.54) is 18.3 Å². The van der Waals surface area contributed by atoms with Gasteiger partial charge in [0.15, 0.2) is 12.7 Å². The monoisotopic (exact) mass is 386 g/mol. The van der Waals surface area contributed by atoms with Crippen LogP contribution in [-0.2, 0) is 14.3 Å². The highest BCUT2D eigenvalue weighted by Crippen LogP contribution is 2.24. The van der Waals surface area contributed by atoms with Crippen LogP contribution in [0.15, 0.2) is 29.6 Å². The van der Waals surface area contributed by atoms with Gasteiger partial charge in [-0.3, -0.25) is 4.79 Å². The molecule has 0 aliphatic carbocycles. The Labute approximate surface area is 162 Å². The molecule has 1 heterocycles. The molecule has 6 nitrogen and oxygen atoms in total. The lowest BCUT2D eigenvalue weighted by Gasteiger charge is -2.15. The summed E-state index contributed by atoms with van der Waals surface area (Å²) in [6.45, 7) is 7.23. The number of aryl methyl sites for hydroxylation is 1. The first-order valence-electron chi connectivity index (χ1n) is 8.53. The molecule has 0 fully saturated rings. The normalized spacial score (nSPS) is 11.6. The molecule has 1 atom stereocenters. The van der Waals surface area contributed by atoms with Crippen molar-refractivity contribution in [2.75, 3.05) is 11.9 Å². The number of hydrogen-bond donors (Lipinski definition) is 1. The molecular formula is C20H22N2O4S. The molecule has 142 valence electrons. The molecule has 0 spiro atoms. The van der Waals surface area contributed by atoms with E-state index in [1.54, 1.807) is 11.4 Å². The highest BCUT2D eigenvalue weighted by atomic mass is 32.1. The summed E-state index contributed by atoms with van der Waals surface area (Å²) in [6, 6.07) is 9.47. The molecule has 0 saturated heterocycles. The standard InChI is InChI=1S/C20H22N2O4S/c1-12(2)15-6-5-13(3)17(9-15)25-11-18(23)26-14(4)19(24)22-20-16(10-21)7-8-27-20/h5-9,12,14H,11H2,1-4H3,(H,22,24)/t14-/m0/s1. The Balaban J connectivity index is 1.89. The maximum atomic E-state index is 12.1. The van der Waals surface area contributed by atoms with Gasteiger partial charge in [-0.1, -0.05) is 26.0 Å². The van der Waals surface area contributed by atoms with Gasteiger partial charge in [0, 0.05) is 0 Å². The number of nitriles is 1. The van der Waals surface area contributed by atoms with Gasteiger partial charge in [0.1, 0.15) is 16.8 Å². The number of anilines is 1. The molecule has 1 aromatic heterocycles. The molecular weight excluding hydrogens is 364 g/mol. The Morgan fingerprint density at radius 2 is 2.00 bits per heavy atom. The maximum Gasteiger partial charge on any atom is 0.344 e. The van der Waals surface area contributed by atoms with Crippen LogP contribution in [0, 0.1) is 18.3 Å². The third kappa shape index (κ3) is 5.56. The highest BCUT2D eigenvalue weighted by Gasteiger charge is 2.20. The van der Waals surface area contributed by atoms with Crippen molar-refractivity contribution in [3.63, 3.8) is 0 Å². The van der Waals surface area contributed by atoms with E-state index >= 15 is 0 Å². The summed E-state index contributed by atoms with van der Waals surface area (Å²) in [5.74, 6) is -0.175. The van der Waals surface area contributed by atoms with Crippen molar-refractivity contribution in [1.82, 2.24) is 0 Å². The predicted octanol–water partition coefficient (Wildman–Crippen LogP) is 4.00. The number of ether oxygens (including phenoxy) is 2. The Hall–Kier alpha value is -2.85. The van der Waals surface area contributed by atoms with Crippen molar-refractivity contribution in [3.05, 3.63) is 46.3 Å². The summed E-state index contributed by atoms with van der Waals surface area (Å²) < 4.78 is 10.7. The summed E-state index contributed by atoms with van der Waals surface area (Å²) in [5.41, 5.74) is 2.40. The molecule has 1 aromatic carbocycles. The fourth-order valence-electron chi connectivity index (χ4n) is 2.26. The first-order valence-corrected chi connectivity index (χ1v) is 9.41. The summed E-state index contributed by atoms with van der Waals surface area (Å²) in [5, 5.41) is 13.7. The molecule has 0 bridgehead atoms. The topological polar surface area (TPSA) is 88.4 Å². The van der Waals surface area contributed by atoms with E-state index in [1.807, 2.05) is 31.2 Å². The molecule has 0 radical (unpaired) electrons. The quantitative estimate of drug-likeness (QED) is 0.727. The smallest absolute Gasteiger partial charge is 0.344 e. The van der Waals surface area contributed by atoms with Crippen LogP contribution in [0.25, 0.3) is 0 Å². The van der Waals surface area contributed by atoms with Gasteiger partial charge in [0.2, 0.25) is 0 Å². The average molecular weight is 386 g/mol. The predicted molar refractivity (Wildman–Crippen MR) is 104 cm³/mol. The number of carbonyl (C=O) groups excluding carboxylic acids is 2. The number of carbonyl (C=O) groups is 2. The molecule has 0 saturated carbocycles. The van der Waals surface area contributed by atoms with Gasteiger partial charge in [0.05, 0.1) is 5.56 Å². The van der Waals surface area contributed by atoms with Gasteiger partial charge in [-0.05, 0) is 48.4 Å². The molecule has 27 heavy (non-hydrogen) atoms. The van der Waals surface area contributed by atoms with Crippen LogP contribution >= 0.6 is 11.3 Å². The number of thiophene rings is 1. The van der Waals surface area contributed by atoms with Gasteiger partial charge in [-0.2, -0.15) is 5.26 Å². The first kappa shape index (κ1) is 20.5. The van der Waals surface area contributed by atoms with Crippen LogP contribution in [0.2, 0.25) is 0 Å². The van der Waals surface area contributed by atoms with E-state index in [0.717, 1.165) is 11.1 Å². The first-order chi connectivity index (χ1) is 12.8. The summed E-state index contributed by atoms with van der Waals surface area (Å²) in [4.78, 5) is 24.1. The van der Waals surface area contributed by atoms with E-state index < -0.39 is 18.0 Å². The van der Waals surface area contributed by atoms with Crippen LogP contribution < -0.4 is 10.1 Å². The van der Waals surface area contributed by atoms with Crippen LogP contribution in [0.3, 0.4) is 0 Å². The zero-order valence-electron chi connectivity index (χ0n) is 15.7. The summed E-state index contributed by atoms with van der Waals surface area (Å²) in [7, 11) is 0. The van der Waals surface area contributed by atoms with Gasteiger partial charge in [-0.25, -0.2) is 4.79 Å². The molecule has 7 heteroatoms. The van der Waals surface area contributed by atoms with Gasteiger partial charge in [-0.15, -0.1) is 11.3 Å². The minimum absolute atomic E-state index is 0.289.